The standard InChI is InChI=1S/C26H27BrN4O2S/c1-19-9-11-22(12-10-19)34(32,33)31-15-13-23-25(24(27)16-28-26(23)31)29-21-8-5-14-30(18-21)17-20-6-3-2-4-7-20/h2-4,6-7,9-13,15-16,21H,5,8,14,17-18H2,1H3,(H,28,29). The summed E-state index contributed by atoms with van der Waals surface area (Å²) in [7, 11) is -3.74. The quantitative estimate of drug-likeness (QED) is 0.355. The molecule has 176 valence electrons. The smallest absolute Gasteiger partial charge is 0.269 e. The molecule has 0 spiro atoms. The van der Waals surface area contributed by atoms with Gasteiger partial charge in [-0.3, -0.25) is 4.90 Å². The second-order valence-electron chi connectivity index (χ2n) is 8.85. The molecule has 6 nitrogen and oxygen atoms in total. The van der Waals surface area contributed by atoms with Crippen LogP contribution in [-0.2, 0) is 16.6 Å². The van der Waals surface area contributed by atoms with Crippen LogP contribution >= 0.6 is 15.9 Å². The van der Waals surface area contributed by atoms with Crippen molar-refractivity contribution >= 4 is 42.7 Å². The number of piperidine rings is 1. The van der Waals surface area contributed by atoms with Gasteiger partial charge in [-0.05, 0) is 66.0 Å². The minimum absolute atomic E-state index is 0.249. The van der Waals surface area contributed by atoms with Gasteiger partial charge >= 0.3 is 0 Å². The maximum Gasteiger partial charge on any atom is 0.269 e. The van der Waals surface area contributed by atoms with E-state index >= 15 is 0 Å². The minimum atomic E-state index is -3.74. The topological polar surface area (TPSA) is 67.2 Å². The van der Waals surface area contributed by atoms with Gasteiger partial charge in [-0.15, -0.1) is 0 Å². The SMILES string of the molecule is Cc1ccc(S(=O)(=O)n2ccc3c(NC4CCCN(Cc5ccccc5)C4)c(Br)cnc32)cc1. The van der Waals surface area contributed by atoms with Crippen LogP contribution in [0.5, 0.6) is 0 Å². The van der Waals surface area contributed by atoms with Crippen LogP contribution in [0.2, 0.25) is 0 Å². The van der Waals surface area contributed by atoms with E-state index in [-0.39, 0.29) is 10.9 Å². The van der Waals surface area contributed by atoms with Gasteiger partial charge in [-0.1, -0.05) is 48.0 Å². The van der Waals surface area contributed by atoms with Crippen molar-refractivity contribution in [1.29, 1.82) is 0 Å². The molecule has 1 saturated heterocycles. The predicted octanol–water partition coefficient (Wildman–Crippen LogP) is 5.42. The highest BCUT2D eigenvalue weighted by Crippen LogP contribution is 2.33. The molecule has 34 heavy (non-hydrogen) atoms. The molecule has 4 aromatic rings. The highest BCUT2D eigenvalue weighted by atomic mass is 79.9. The largest absolute Gasteiger partial charge is 0.379 e. The van der Waals surface area contributed by atoms with Crippen molar-refractivity contribution < 1.29 is 8.42 Å². The van der Waals surface area contributed by atoms with Crippen molar-refractivity contribution in [3.8, 4) is 0 Å². The first-order valence-corrected chi connectivity index (χ1v) is 13.7. The third-order valence-corrected chi connectivity index (χ3v) is 8.60. The van der Waals surface area contributed by atoms with E-state index < -0.39 is 10.0 Å². The number of likely N-dealkylation sites (tertiary alicyclic amines) is 1. The maximum atomic E-state index is 13.3. The number of aromatic nitrogens is 2. The zero-order valence-corrected chi connectivity index (χ0v) is 21.4. The van der Waals surface area contributed by atoms with Gasteiger partial charge in [0.05, 0.1) is 15.1 Å². The molecule has 1 unspecified atom stereocenters. The van der Waals surface area contributed by atoms with Crippen molar-refractivity contribution in [2.45, 2.75) is 37.2 Å². The lowest BCUT2D eigenvalue weighted by Gasteiger charge is -2.34. The number of pyridine rings is 1. The third kappa shape index (κ3) is 4.62. The second kappa shape index (κ2) is 9.52. The number of rotatable bonds is 6. The van der Waals surface area contributed by atoms with Gasteiger partial charge in [-0.2, -0.15) is 0 Å². The van der Waals surface area contributed by atoms with Crippen LogP contribution in [0.15, 0.2) is 82.4 Å². The molecule has 0 radical (unpaired) electrons. The molecule has 2 aromatic carbocycles. The first-order valence-electron chi connectivity index (χ1n) is 11.4. The van der Waals surface area contributed by atoms with Crippen molar-refractivity contribution in [1.82, 2.24) is 13.9 Å². The molecular weight excluding hydrogens is 512 g/mol. The van der Waals surface area contributed by atoms with Gasteiger partial charge < -0.3 is 5.32 Å². The molecule has 3 heterocycles. The molecule has 0 saturated carbocycles. The lowest BCUT2D eigenvalue weighted by atomic mass is 10.0. The van der Waals surface area contributed by atoms with E-state index in [2.05, 4.69) is 55.4 Å². The van der Waals surface area contributed by atoms with Gasteiger partial charge in [-0.25, -0.2) is 17.4 Å². The van der Waals surface area contributed by atoms with E-state index in [0.717, 1.165) is 53.6 Å². The highest BCUT2D eigenvalue weighted by molar-refractivity contribution is 9.10. The zero-order chi connectivity index (χ0) is 23.7. The van der Waals surface area contributed by atoms with E-state index in [1.54, 1.807) is 36.7 Å². The number of nitrogens with zero attached hydrogens (tertiary/aromatic N) is 3. The van der Waals surface area contributed by atoms with Gasteiger partial charge in [0.1, 0.15) is 0 Å². The molecule has 1 aliphatic heterocycles. The molecule has 0 bridgehead atoms. The van der Waals surface area contributed by atoms with E-state index in [4.69, 9.17) is 0 Å². The number of aryl methyl sites for hydroxylation is 1. The summed E-state index contributed by atoms with van der Waals surface area (Å²) in [6, 6.07) is 19.5. The van der Waals surface area contributed by atoms with E-state index in [0.29, 0.717) is 5.65 Å². The number of hydrogen-bond donors (Lipinski definition) is 1. The normalized spacial score (nSPS) is 17.2. The number of anilines is 1. The van der Waals surface area contributed by atoms with Crippen LogP contribution in [0.3, 0.4) is 0 Å². The summed E-state index contributed by atoms with van der Waals surface area (Å²) >= 11 is 3.63. The van der Waals surface area contributed by atoms with Crippen LogP contribution in [0, 0.1) is 6.92 Å². The summed E-state index contributed by atoms with van der Waals surface area (Å²) in [6.45, 7) is 4.86. The van der Waals surface area contributed by atoms with E-state index in [1.165, 1.54) is 9.54 Å². The Morgan fingerprint density at radius 1 is 1.09 bits per heavy atom. The molecule has 8 heteroatoms. The van der Waals surface area contributed by atoms with Crippen LogP contribution < -0.4 is 5.32 Å². The van der Waals surface area contributed by atoms with Gasteiger partial charge in [0, 0.05) is 36.9 Å². The van der Waals surface area contributed by atoms with E-state index in [9.17, 15) is 8.42 Å². The highest BCUT2D eigenvalue weighted by Gasteiger charge is 2.24. The first kappa shape index (κ1) is 23.1. The van der Waals surface area contributed by atoms with Crippen LogP contribution in [-0.4, -0.2) is 41.4 Å². The Kier molecular flexibility index (Phi) is 6.46. The summed E-state index contributed by atoms with van der Waals surface area (Å²) < 4.78 is 28.7. The Hall–Kier alpha value is -2.68. The van der Waals surface area contributed by atoms with Gasteiger partial charge in [0.25, 0.3) is 10.0 Å². The lowest BCUT2D eigenvalue weighted by Crippen LogP contribution is -2.41. The summed E-state index contributed by atoms with van der Waals surface area (Å²) in [5, 5.41) is 4.47. The Balaban J connectivity index is 1.41. The summed E-state index contributed by atoms with van der Waals surface area (Å²) in [4.78, 5) is 7.18. The predicted molar refractivity (Wildman–Crippen MR) is 140 cm³/mol. The third-order valence-electron chi connectivity index (χ3n) is 6.32. The van der Waals surface area contributed by atoms with Crippen LogP contribution in [0.25, 0.3) is 11.0 Å². The van der Waals surface area contributed by atoms with Crippen LogP contribution in [0.1, 0.15) is 24.0 Å². The Morgan fingerprint density at radius 2 is 1.85 bits per heavy atom. The van der Waals surface area contributed by atoms with E-state index in [1.807, 2.05) is 19.1 Å². The molecule has 1 atom stereocenters. The molecule has 1 fully saturated rings. The fourth-order valence-corrected chi connectivity index (χ4v) is 6.30. The molecule has 2 aromatic heterocycles. The first-order chi connectivity index (χ1) is 16.4. The minimum Gasteiger partial charge on any atom is -0.379 e. The molecule has 0 aliphatic carbocycles. The van der Waals surface area contributed by atoms with Gasteiger partial charge in [0.15, 0.2) is 5.65 Å². The zero-order valence-electron chi connectivity index (χ0n) is 19.0. The molecule has 1 N–H and O–H groups in total. The fourth-order valence-electron chi connectivity index (χ4n) is 4.57. The fraction of sp³-hybridized carbons (Fsp3) is 0.269. The Morgan fingerprint density at radius 3 is 2.62 bits per heavy atom. The molecule has 5 rings (SSSR count). The Bertz CT molecular complexity index is 1400. The molecule has 0 amide bonds. The average Bonchev–Trinajstić information content (AvgIpc) is 3.27. The maximum absolute atomic E-state index is 13.3. The van der Waals surface area contributed by atoms with Crippen molar-refractivity contribution in [2.75, 3.05) is 18.4 Å². The number of nitrogens with one attached hydrogen (secondary N) is 1. The summed E-state index contributed by atoms with van der Waals surface area (Å²) in [5.41, 5.74) is 3.63. The van der Waals surface area contributed by atoms with Gasteiger partial charge in [0.2, 0.25) is 0 Å². The van der Waals surface area contributed by atoms with Crippen LogP contribution in [0.4, 0.5) is 5.69 Å². The van der Waals surface area contributed by atoms with Crippen molar-refractivity contribution in [3.63, 3.8) is 0 Å². The molecule has 1 aliphatic rings. The average molecular weight is 539 g/mol. The number of halogens is 1. The second-order valence-corrected chi connectivity index (χ2v) is 11.5. The number of hydrogen-bond acceptors (Lipinski definition) is 5. The summed E-state index contributed by atoms with van der Waals surface area (Å²) in [6.07, 6.45) is 5.44. The van der Waals surface area contributed by atoms with Crippen molar-refractivity contribution in [3.05, 3.63) is 88.7 Å². The number of benzene rings is 2. The molecular formula is C26H27BrN4O2S. The van der Waals surface area contributed by atoms with Crippen molar-refractivity contribution in [2.24, 2.45) is 0 Å². The summed E-state index contributed by atoms with van der Waals surface area (Å²) in [5.74, 6) is 0. The number of fused-ring (bicyclic) bond motifs is 1. The Labute approximate surface area is 208 Å². The lowest BCUT2D eigenvalue weighted by molar-refractivity contribution is 0.208. The monoisotopic (exact) mass is 538 g/mol.